The third-order valence-electron chi connectivity index (χ3n) is 2.41. The quantitative estimate of drug-likeness (QED) is 0.893. The fourth-order valence-electron chi connectivity index (χ4n) is 1.64. The van der Waals surface area contributed by atoms with Crippen molar-refractivity contribution in [1.82, 2.24) is 9.97 Å². The van der Waals surface area contributed by atoms with E-state index in [0.717, 1.165) is 34.8 Å². The molecule has 0 aliphatic carbocycles. The maximum Gasteiger partial charge on any atom is 0.144 e. The van der Waals surface area contributed by atoms with E-state index in [0.29, 0.717) is 11.8 Å². The molecular weight excluding hydrogens is 278 g/mol. The zero-order valence-corrected chi connectivity index (χ0v) is 12.9. The molecule has 0 aromatic carbocycles. The largest absolute Gasteiger partial charge is 0.369 e. The summed E-state index contributed by atoms with van der Waals surface area (Å²) >= 11 is 3.60. The van der Waals surface area contributed by atoms with Crippen molar-refractivity contribution in [2.75, 3.05) is 11.9 Å². The van der Waals surface area contributed by atoms with Gasteiger partial charge in [0.1, 0.15) is 11.6 Å². The number of nitrogens with one attached hydrogen (secondary N) is 1. The van der Waals surface area contributed by atoms with Crippen LogP contribution in [0, 0.1) is 5.92 Å². The molecule has 0 saturated carbocycles. The first kappa shape index (κ1) is 14.4. The van der Waals surface area contributed by atoms with Gasteiger partial charge >= 0.3 is 0 Å². The summed E-state index contributed by atoms with van der Waals surface area (Å²) in [6, 6.07) is 0. The fraction of sp³-hybridized carbons (Fsp3) is 0.692. The second-order valence-corrected chi connectivity index (χ2v) is 5.76. The van der Waals surface area contributed by atoms with Crippen molar-refractivity contribution < 1.29 is 0 Å². The molecule has 1 N–H and O–H groups in total. The molecule has 1 heterocycles. The van der Waals surface area contributed by atoms with Gasteiger partial charge in [-0.3, -0.25) is 0 Å². The topological polar surface area (TPSA) is 37.8 Å². The van der Waals surface area contributed by atoms with Gasteiger partial charge in [-0.15, -0.1) is 0 Å². The van der Waals surface area contributed by atoms with Gasteiger partial charge in [0.25, 0.3) is 0 Å². The van der Waals surface area contributed by atoms with Crippen LogP contribution in [-0.4, -0.2) is 16.5 Å². The Kier molecular flexibility index (Phi) is 5.37. The van der Waals surface area contributed by atoms with Crippen molar-refractivity contribution in [1.29, 1.82) is 0 Å². The van der Waals surface area contributed by atoms with E-state index in [1.54, 1.807) is 0 Å². The second kappa shape index (κ2) is 6.34. The van der Waals surface area contributed by atoms with Gasteiger partial charge < -0.3 is 5.32 Å². The van der Waals surface area contributed by atoms with Crippen LogP contribution >= 0.6 is 15.9 Å². The van der Waals surface area contributed by atoms with Crippen molar-refractivity contribution in [3.63, 3.8) is 0 Å². The molecule has 0 saturated heterocycles. The predicted octanol–water partition coefficient (Wildman–Crippen LogP) is 3.99. The van der Waals surface area contributed by atoms with Gasteiger partial charge in [0, 0.05) is 13.0 Å². The molecule has 0 fully saturated rings. The van der Waals surface area contributed by atoms with Gasteiger partial charge in [-0.2, -0.15) is 0 Å². The van der Waals surface area contributed by atoms with Gasteiger partial charge in [-0.25, -0.2) is 9.97 Å². The summed E-state index contributed by atoms with van der Waals surface area (Å²) in [7, 11) is 0. The Morgan fingerprint density at radius 2 is 1.82 bits per heavy atom. The Balaban J connectivity index is 3.16. The third-order valence-corrected chi connectivity index (χ3v) is 3.19. The van der Waals surface area contributed by atoms with Crippen LogP contribution in [0.5, 0.6) is 0 Å². The van der Waals surface area contributed by atoms with E-state index in [9.17, 15) is 0 Å². The molecule has 0 aliphatic heterocycles. The average molecular weight is 300 g/mol. The minimum absolute atomic E-state index is 0.399. The van der Waals surface area contributed by atoms with E-state index < -0.39 is 0 Å². The number of anilines is 1. The summed E-state index contributed by atoms with van der Waals surface area (Å²) in [5, 5.41) is 3.29. The number of halogens is 1. The average Bonchev–Trinajstić information content (AvgIpc) is 2.21. The lowest BCUT2D eigenvalue weighted by molar-refractivity contribution is 0.614. The molecule has 4 heteroatoms. The molecule has 0 aliphatic rings. The first-order valence-corrected chi connectivity index (χ1v) is 7.05. The lowest BCUT2D eigenvalue weighted by Crippen LogP contribution is -2.10. The fourth-order valence-corrected chi connectivity index (χ4v) is 2.41. The highest BCUT2D eigenvalue weighted by molar-refractivity contribution is 9.10. The first-order chi connectivity index (χ1) is 7.95. The first-order valence-electron chi connectivity index (χ1n) is 6.25. The molecule has 0 unspecified atom stereocenters. The smallest absolute Gasteiger partial charge is 0.144 e. The third kappa shape index (κ3) is 3.95. The van der Waals surface area contributed by atoms with Crippen LogP contribution in [0.3, 0.4) is 0 Å². The van der Waals surface area contributed by atoms with Crippen molar-refractivity contribution >= 4 is 21.7 Å². The Bertz CT molecular complexity index is 375. The predicted molar refractivity (Wildman–Crippen MR) is 76.5 cm³/mol. The summed E-state index contributed by atoms with van der Waals surface area (Å²) in [6.45, 7) is 11.6. The zero-order valence-electron chi connectivity index (χ0n) is 11.3. The van der Waals surface area contributed by atoms with Crippen LogP contribution in [0.2, 0.25) is 0 Å². The van der Waals surface area contributed by atoms with Crippen LogP contribution in [0.1, 0.15) is 52.1 Å². The Hall–Kier alpha value is -0.640. The SMILES string of the molecule is CCNc1nc(CC(C)C)nc(C(C)C)c1Br. The summed E-state index contributed by atoms with van der Waals surface area (Å²) in [5.41, 5.74) is 1.09. The molecule has 3 nitrogen and oxygen atoms in total. The highest BCUT2D eigenvalue weighted by Gasteiger charge is 2.14. The van der Waals surface area contributed by atoms with E-state index in [2.05, 4.69) is 65.8 Å². The molecular formula is C13H22BrN3. The second-order valence-electron chi connectivity index (χ2n) is 4.97. The normalized spacial score (nSPS) is 11.3. The summed E-state index contributed by atoms with van der Waals surface area (Å²) < 4.78 is 1.00. The monoisotopic (exact) mass is 299 g/mol. The van der Waals surface area contributed by atoms with Crippen molar-refractivity contribution in [2.24, 2.45) is 5.92 Å². The lowest BCUT2D eigenvalue weighted by Gasteiger charge is -2.15. The molecule has 0 bridgehead atoms. The van der Waals surface area contributed by atoms with Gasteiger partial charge in [0.15, 0.2) is 0 Å². The maximum absolute atomic E-state index is 4.66. The van der Waals surface area contributed by atoms with Gasteiger partial charge in [0.2, 0.25) is 0 Å². The van der Waals surface area contributed by atoms with Crippen molar-refractivity contribution in [3.8, 4) is 0 Å². The van der Waals surface area contributed by atoms with Crippen LogP contribution in [-0.2, 0) is 6.42 Å². The molecule has 17 heavy (non-hydrogen) atoms. The summed E-state index contributed by atoms with van der Waals surface area (Å²) in [5.74, 6) is 2.83. The van der Waals surface area contributed by atoms with Crippen LogP contribution in [0.15, 0.2) is 4.47 Å². The van der Waals surface area contributed by atoms with E-state index >= 15 is 0 Å². The number of aromatic nitrogens is 2. The number of hydrogen-bond acceptors (Lipinski definition) is 3. The summed E-state index contributed by atoms with van der Waals surface area (Å²) in [6.07, 6.45) is 0.922. The van der Waals surface area contributed by atoms with E-state index in [4.69, 9.17) is 0 Å². The highest BCUT2D eigenvalue weighted by atomic mass is 79.9. The standard InChI is InChI=1S/C13H22BrN3/c1-6-15-13-11(14)12(9(4)5)16-10(17-13)7-8(2)3/h8-9H,6-7H2,1-5H3,(H,15,16,17). The molecule has 0 spiro atoms. The van der Waals surface area contributed by atoms with E-state index in [1.807, 2.05) is 0 Å². The summed E-state index contributed by atoms with van der Waals surface area (Å²) in [4.78, 5) is 9.23. The molecule has 1 aromatic rings. The Morgan fingerprint density at radius 3 is 2.29 bits per heavy atom. The van der Waals surface area contributed by atoms with E-state index in [1.165, 1.54) is 0 Å². The van der Waals surface area contributed by atoms with Crippen molar-refractivity contribution in [2.45, 2.75) is 47.0 Å². The number of nitrogens with zero attached hydrogens (tertiary/aromatic N) is 2. The molecule has 1 rings (SSSR count). The Morgan fingerprint density at radius 1 is 1.18 bits per heavy atom. The molecule has 0 amide bonds. The van der Waals surface area contributed by atoms with Crippen LogP contribution in [0.4, 0.5) is 5.82 Å². The van der Waals surface area contributed by atoms with Gasteiger partial charge in [0.05, 0.1) is 10.2 Å². The minimum Gasteiger partial charge on any atom is -0.369 e. The lowest BCUT2D eigenvalue weighted by atomic mass is 10.1. The van der Waals surface area contributed by atoms with Crippen molar-refractivity contribution in [3.05, 3.63) is 16.0 Å². The Labute approximate surface area is 113 Å². The maximum atomic E-state index is 4.66. The van der Waals surface area contributed by atoms with Crippen LogP contribution in [0.25, 0.3) is 0 Å². The highest BCUT2D eigenvalue weighted by Crippen LogP contribution is 2.29. The van der Waals surface area contributed by atoms with Gasteiger partial charge in [-0.05, 0) is 34.7 Å². The van der Waals surface area contributed by atoms with Gasteiger partial charge in [-0.1, -0.05) is 27.7 Å². The zero-order chi connectivity index (χ0) is 13.0. The molecule has 96 valence electrons. The number of rotatable bonds is 5. The minimum atomic E-state index is 0.399. The number of hydrogen-bond donors (Lipinski definition) is 1. The molecule has 0 radical (unpaired) electrons. The van der Waals surface area contributed by atoms with Crippen LogP contribution < -0.4 is 5.32 Å². The van der Waals surface area contributed by atoms with E-state index in [-0.39, 0.29) is 0 Å². The molecule has 0 atom stereocenters. The molecule has 1 aromatic heterocycles.